The van der Waals surface area contributed by atoms with E-state index in [2.05, 4.69) is 11.9 Å². The Morgan fingerprint density at radius 3 is 2.45 bits per heavy atom. The molecule has 0 amide bonds. The molecule has 3 aromatic rings. The molecule has 0 atom stereocenters. The van der Waals surface area contributed by atoms with Crippen molar-refractivity contribution in [3.63, 3.8) is 0 Å². The molecule has 0 radical (unpaired) electrons. The number of hydrogen-bond acceptors (Lipinski definition) is 2. The lowest BCUT2D eigenvalue weighted by atomic mass is 10.0. The van der Waals surface area contributed by atoms with Crippen molar-refractivity contribution in [2.24, 2.45) is 0 Å². The monoisotopic (exact) mass is 261 g/mol. The summed E-state index contributed by atoms with van der Waals surface area (Å²) in [6, 6.07) is 19.3. The largest absolute Gasteiger partial charge is 0.287 e. The Morgan fingerprint density at radius 1 is 0.950 bits per heavy atom. The van der Waals surface area contributed by atoms with Gasteiger partial charge in [0.1, 0.15) is 5.69 Å². The Morgan fingerprint density at radius 2 is 1.70 bits per heavy atom. The lowest BCUT2D eigenvalue weighted by molar-refractivity contribution is 0.103. The number of ketones is 1. The third-order valence-electron chi connectivity index (χ3n) is 3.46. The van der Waals surface area contributed by atoms with Gasteiger partial charge in [-0.3, -0.25) is 4.79 Å². The van der Waals surface area contributed by atoms with Crippen molar-refractivity contribution in [1.82, 2.24) is 4.98 Å². The quantitative estimate of drug-likeness (QED) is 0.666. The van der Waals surface area contributed by atoms with E-state index in [9.17, 15) is 4.79 Å². The van der Waals surface area contributed by atoms with Gasteiger partial charge in [0.25, 0.3) is 0 Å². The summed E-state index contributed by atoms with van der Waals surface area (Å²) in [5, 5.41) is 1.05. The third-order valence-corrected chi connectivity index (χ3v) is 3.46. The van der Waals surface area contributed by atoms with Crippen molar-refractivity contribution >= 4 is 16.7 Å². The molecule has 0 saturated heterocycles. The zero-order valence-corrected chi connectivity index (χ0v) is 11.3. The van der Waals surface area contributed by atoms with Crippen molar-refractivity contribution in [1.29, 1.82) is 0 Å². The number of aryl methyl sites for hydroxylation is 1. The fraction of sp³-hybridized carbons (Fsp3) is 0.111. The summed E-state index contributed by atoms with van der Waals surface area (Å²) in [7, 11) is 0. The molecule has 2 heteroatoms. The van der Waals surface area contributed by atoms with Crippen LogP contribution in [-0.4, -0.2) is 10.8 Å². The number of carbonyl (C=O) groups is 1. The van der Waals surface area contributed by atoms with Crippen LogP contribution in [0.5, 0.6) is 0 Å². The molecular weight excluding hydrogens is 246 g/mol. The summed E-state index contributed by atoms with van der Waals surface area (Å²) in [6.45, 7) is 2.10. The highest BCUT2D eigenvalue weighted by atomic mass is 16.1. The van der Waals surface area contributed by atoms with E-state index in [-0.39, 0.29) is 5.78 Å². The number of pyridine rings is 1. The maximum Gasteiger partial charge on any atom is 0.211 e. The maximum absolute atomic E-state index is 12.4. The molecule has 3 rings (SSSR count). The zero-order chi connectivity index (χ0) is 13.9. The number of nitrogens with zero attached hydrogens (tertiary/aromatic N) is 1. The van der Waals surface area contributed by atoms with E-state index in [1.165, 1.54) is 5.56 Å². The van der Waals surface area contributed by atoms with Gasteiger partial charge in [0, 0.05) is 10.9 Å². The zero-order valence-electron chi connectivity index (χ0n) is 11.3. The smallest absolute Gasteiger partial charge is 0.211 e. The van der Waals surface area contributed by atoms with Gasteiger partial charge in [-0.15, -0.1) is 0 Å². The van der Waals surface area contributed by atoms with E-state index in [1.807, 2.05) is 54.6 Å². The fourth-order valence-electron chi connectivity index (χ4n) is 2.23. The lowest BCUT2D eigenvalue weighted by Crippen LogP contribution is -2.04. The fourth-order valence-corrected chi connectivity index (χ4v) is 2.23. The molecule has 0 aliphatic rings. The van der Waals surface area contributed by atoms with Gasteiger partial charge in [0.05, 0.1) is 5.52 Å². The molecule has 2 aromatic carbocycles. The van der Waals surface area contributed by atoms with Crippen LogP contribution in [0.4, 0.5) is 0 Å². The van der Waals surface area contributed by atoms with Crippen LogP contribution in [0.25, 0.3) is 10.9 Å². The molecule has 1 heterocycles. The number of rotatable bonds is 3. The Hall–Kier alpha value is -2.48. The van der Waals surface area contributed by atoms with Crippen molar-refractivity contribution < 1.29 is 4.79 Å². The van der Waals surface area contributed by atoms with Crippen LogP contribution in [0, 0.1) is 0 Å². The number of para-hydroxylation sites is 1. The van der Waals surface area contributed by atoms with Gasteiger partial charge in [-0.05, 0) is 24.1 Å². The molecule has 0 unspecified atom stereocenters. The van der Waals surface area contributed by atoms with Crippen molar-refractivity contribution in [2.75, 3.05) is 0 Å². The summed E-state index contributed by atoms with van der Waals surface area (Å²) in [4.78, 5) is 16.9. The number of aromatic nitrogens is 1. The summed E-state index contributed by atoms with van der Waals surface area (Å²) < 4.78 is 0. The van der Waals surface area contributed by atoms with Crippen LogP contribution in [0.15, 0.2) is 60.7 Å². The highest BCUT2D eigenvalue weighted by Gasteiger charge is 2.10. The van der Waals surface area contributed by atoms with E-state index in [4.69, 9.17) is 0 Å². The predicted molar refractivity (Wildman–Crippen MR) is 81.0 cm³/mol. The van der Waals surface area contributed by atoms with Gasteiger partial charge in [-0.1, -0.05) is 55.5 Å². The molecule has 1 aromatic heterocycles. The van der Waals surface area contributed by atoms with E-state index in [0.717, 1.165) is 17.3 Å². The van der Waals surface area contributed by atoms with Crippen molar-refractivity contribution in [2.45, 2.75) is 13.3 Å². The Bertz CT molecular complexity index is 760. The number of hydrogen-bond donors (Lipinski definition) is 0. The number of fused-ring (bicyclic) bond motifs is 1. The minimum absolute atomic E-state index is 0.0293. The summed E-state index contributed by atoms with van der Waals surface area (Å²) in [5.74, 6) is -0.0293. The van der Waals surface area contributed by atoms with Crippen LogP contribution in [0.1, 0.15) is 28.5 Å². The first kappa shape index (κ1) is 12.5. The van der Waals surface area contributed by atoms with Gasteiger partial charge >= 0.3 is 0 Å². The molecule has 0 N–H and O–H groups in total. The minimum Gasteiger partial charge on any atom is -0.287 e. The molecule has 0 aliphatic carbocycles. The summed E-state index contributed by atoms with van der Waals surface area (Å²) in [6.07, 6.45) is 0.975. The summed E-state index contributed by atoms with van der Waals surface area (Å²) in [5.41, 5.74) is 3.26. The molecule has 0 aliphatic heterocycles. The standard InChI is InChI=1S/C18H15NO/c1-2-13-7-9-15(10-8-13)18(20)17-12-11-14-5-3-4-6-16(14)19-17/h3-12H,2H2,1H3. The van der Waals surface area contributed by atoms with E-state index < -0.39 is 0 Å². The Balaban J connectivity index is 1.98. The molecule has 2 nitrogen and oxygen atoms in total. The van der Waals surface area contributed by atoms with Gasteiger partial charge in [0.15, 0.2) is 0 Å². The normalized spacial score (nSPS) is 10.7. The molecular formula is C18H15NO. The first-order valence-electron chi connectivity index (χ1n) is 6.77. The van der Waals surface area contributed by atoms with Crippen LogP contribution in [0.3, 0.4) is 0 Å². The SMILES string of the molecule is CCc1ccc(C(=O)c2ccc3ccccc3n2)cc1. The third kappa shape index (κ3) is 2.32. The second-order valence-electron chi connectivity index (χ2n) is 4.77. The van der Waals surface area contributed by atoms with Gasteiger partial charge < -0.3 is 0 Å². The first-order valence-corrected chi connectivity index (χ1v) is 6.77. The average Bonchev–Trinajstić information content (AvgIpc) is 2.54. The molecule has 98 valence electrons. The maximum atomic E-state index is 12.4. The second-order valence-corrected chi connectivity index (χ2v) is 4.77. The number of benzene rings is 2. The van der Waals surface area contributed by atoms with E-state index in [1.54, 1.807) is 6.07 Å². The molecule has 20 heavy (non-hydrogen) atoms. The molecule has 0 bridgehead atoms. The molecule has 0 saturated carbocycles. The molecule has 0 fully saturated rings. The van der Waals surface area contributed by atoms with Gasteiger partial charge in [-0.25, -0.2) is 4.98 Å². The second kappa shape index (κ2) is 5.25. The van der Waals surface area contributed by atoms with Crippen molar-refractivity contribution in [3.8, 4) is 0 Å². The predicted octanol–water partition coefficient (Wildman–Crippen LogP) is 4.03. The highest BCUT2D eigenvalue weighted by molar-refractivity contribution is 6.08. The summed E-state index contributed by atoms with van der Waals surface area (Å²) >= 11 is 0. The Labute approximate surface area is 118 Å². The average molecular weight is 261 g/mol. The van der Waals surface area contributed by atoms with E-state index in [0.29, 0.717) is 11.3 Å². The lowest BCUT2D eigenvalue weighted by Gasteiger charge is -2.03. The van der Waals surface area contributed by atoms with Crippen LogP contribution in [0.2, 0.25) is 0 Å². The number of carbonyl (C=O) groups excluding carboxylic acids is 1. The van der Waals surface area contributed by atoms with Crippen LogP contribution < -0.4 is 0 Å². The first-order chi connectivity index (χ1) is 9.78. The molecule has 0 spiro atoms. The minimum atomic E-state index is -0.0293. The Kier molecular flexibility index (Phi) is 3.30. The van der Waals surface area contributed by atoms with Crippen molar-refractivity contribution in [3.05, 3.63) is 77.5 Å². The van der Waals surface area contributed by atoms with Crippen LogP contribution in [-0.2, 0) is 6.42 Å². The van der Waals surface area contributed by atoms with Crippen LogP contribution >= 0.6 is 0 Å². The van der Waals surface area contributed by atoms with Gasteiger partial charge in [-0.2, -0.15) is 0 Å². The topological polar surface area (TPSA) is 30.0 Å². The van der Waals surface area contributed by atoms with Gasteiger partial charge in [0.2, 0.25) is 5.78 Å². The van der Waals surface area contributed by atoms with E-state index >= 15 is 0 Å². The highest BCUT2D eigenvalue weighted by Crippen LogP contribution is 2.15.